The first-order valence-corrected chi connectivity index (χ1v) is 9.30. The lowest BCUT2D eigenvalue weighted by atomic mass is 10.0. The first-order valence-electron chi connectivity index (χ1n) is 9.30. The third kappa shape index (κ3) is 3.73. The number of benzene rings is 3. The van der Waals surface area contributed by atoms with E-state index in [-0.39, 0.29) is 0 Å². The average Bonchev–Trinajstić information content (AvgIpc) is 2.71. The van der Waals surface area contributed by atoms with Gasteiger partial charge in [-0.15, -0.1) is 0 Å². The van der Waals surface area contributed by atoms with Gasteiger partial charge in [-0.05, 0) is 35.4 Å². The number of aromatic hydroxyl groups is 1. The van der Waals surface area contributed by atoms with Crippen molar-refractivity contribution in [1.29, 1.82) is 0 Å². The number of piperazine rings is 1. The average molecular weight is 345 g/mol. The number of nitrogens with zero attached hydrogens (tertiary/aromatic N) is 1. The van der Waals surface area contributed by atoms with Gasteiger partial charge >= 0.3 is 0 Å². The molecule has 1 saturated heterocycles. The smallest absolute Gasteiger partial charge is 0.124 e. The highest BCUT2D eigenvalue weighted by molar-refractivity contribution is 5.65. The Morgan fingerprint density at radius 2 is 1.42 bits per heavy atom. The predicted octanol–water partition coefficient (Wildman–Crippen LogP) is 2.96. The van der Waals surface area contributed by atoms with Crippen molar-refractivity contribution in [1.82, 2.24) is 0 Å². The fourth-order valence-corrected chi connectivity index (χ4v) is 3.70. The quantitative estimate of drug-likeness (QED) is 0.761. The van der Waals surface area contributed by atoms with E-state index in [1.165, 1.54) is 21.7 Å². The molecule has 0 atom stereocenters. The molecule has 0 unspecified atom stereocenters. The molecule has 0 radical (unpaired) electrons. The molecular weight excluding hydrogens is 320 g/mol. The Labute approximate surface area is 155 Å². The fourth-order valence-electron chi connectivity index (χ4n) is 3.70. The minimum Gasteiger partial charge on any atom is -0.507 e. The zero-order chi connectivity index (χ0) is 17.8. The SMILES string of the molecule is Oc1ccc(-c2ccccc2)cc1C[NH+]1CCN(c2ccccc2)CC1. The number of phenolic OH excluding ortho intramolecular Hbond substituents is 1. The van der Waals surface area contributed by atoms with Crippen molar-refractivity contribution in [3.63, 3.8) is 0 Å². The minimum atomic E-state index is 0.405. The Kier molecular flexibility index (Phi) is 4.89. The summed E-state index contributed by atoms with van der Waals surface area (Å²) in [5.41, 5.74) is 4.70. The maximum atomic E-state index is 10.3. The fraction of sp³-hybridized carbons (Fsp3) is 0.217. The van der Waals surface area contributed by atoms with Crippen molar-refractivity contribution in [3.8, 4) is 16.9 Å². The molecule has 132 valence electrons. The lowest BCUT2D eigenvalue weighted by Crippen LogP contribution is -3.13. The summed E-state index contributed by atoms with van der Waals surface area (Å²) in [7, 11) is 0. The van der Waals surface area contributed by atoms with Crippen LogP contribution in [0, 0.1) is 0 Å². The normalized spacial score (nSPS) is 15.2. The largest absolute Gasteiger partial charge is 0.507 e. The summed E-state index contributed by atoms with van der Waals surface area (Å²) >= 11 is 0. The minimum absolute atomic E-state index is 0.405. The van der Waals surface area contributed by atoms with Gasteiger partial charge in [0, 0.05) is 11.3 Å². The number of rotatable bonds is 4. The number of para-hydroxylation sites is 1. The third-order valence-electron chi connectivity index (χ3n) is 5.22. The Hall–Kier alpha value is -2.78. The van der Waals surface area contributed by atoms with Gasteiger partial charge in [0.2, 0.25) is 0 Å². The van der Waals surface area contributed by atoms with E-state index in [2.05, 4.69) is 65.6 Å². The van der Waals surface area contributed by atoms with Crippen LogP contribution >= 0.6 is 0 Å². The van der Waals surface area contributed by atoms with Gasteiger partial charge < -0.3 is 14.9 Å². The Morgan fingerprint density at radius 3 is 2.12 bits per heavy atom. The van der Waals surface area contributed by atoms with E-state index in [4.69, 9.17) is 0 Å². The molecule has 2 N–H and O–H groups in total. The van der Waals surface area contributed by atoms with Crippen LogP contribution in [0.15, 0.2) is 78.9 Å². The van der Waals surface area contributed by atoms with Gasteiger partial charge in [-0.3, -0.25) is 0 Å². The van der Waals surface area contributed by atoms with Crippen LogP contribution in [0.4, 0.5) is 5.69 Å². The first-order chi connectivity index (χ1) is 12.8. The van der Waals surface area contributed by atoms with Crippen LogP contribution in [0.2, 0.25) is 0 Å². The molecule has 1 heterocycles. The predicted molar refractivity (Wildman–Crippen MR) is 107 cm³/mol. The van der Waals surface area contributed by atoms with Crippen molar-refractivity contribution < 1.29 is 10.0 Å². The lowest BCUT2D eigenvalue weighted by Gasteiger charge is -2.33. The van der Waals surface area contributed by atoms with E-state index in [0.29, 0.717) is 5.75 Å². The molecule has 0 aliphatic carbocycles. The molecule has 3 heteroatoms. The zero-order valence-corrected chi connectivity index (χ0v) is 14.9. The van der Waals surface area contributed by atoms with Crippen LogP contribution in [-0.2, 0) is 6.54 Å². The van der Waals surface area contributed by atoms with Gasteiger partial charge in [-0.2, -0.15) is 0 Å². The Morgan fingerprint density at radius 1 is 0.769 bits per heavy atom. The van der Waals surface area contributed by atoms with Crippen molar-refractivity contribution in [2.75, 3.05) is 31.1 Å². The number of phenols is 1. The Balaban J connectivity index is 1.43. The molecule has 3 nitrogen and oxygen atoms in total. The summed E-state index contributed by atoms with van der Waals surface area (Å²) in [6.45, 7) is 5.15. The summed E-state index contributed by atoms with van der Waals surface area (Å²) in [5.74, 6) is 0.405. The van der Waals surface area contributed by atoms with E-state index in [0.717, 1.165) is 38.3 Å². The summed E-state index contributed by atoms with van der Waals surface area (Å²) in [6, 6.07) is 26.9. The van der Waals surface area contributed by atoms with Crippen LogP contribution < -0.4 is 9.80 Å². The number of anilines is 1. The van der Waals surface area contributed by atoms with Crippen LogP contribution in [-0.4, -0.2) is 31.3 Å². The van der Waals surface area contributed by atoms with E-state index in [9.17, 15) is 5.11 Å². The number of nitrogens with one attached hydrogen (secondary N) is 1. The van der Waals surface area contributed by atoms with Gasteiger partial charge in [0.1, 0.15) is 12.3 Å². The standard InChI is InChI=1S/C23H24N2O/c26-23-12-11-20(19-7-3-1-4-8-19)17-21(23)18-24-13-15-25(16-14-24)22-9-5-2-6-10-22/h1-12,17,26H,13-16,18H2/p+1. The molecule has 1 aliphatic rings. The second-order valence-corrected chi connectivity index (χ2v) is 6.96. The highest BCUT2D eigenvalue weighted by Gasteiger charge is 2.21. The monoisotopic (exact) mass is 345 g/mol. The third-order valence-corrected chi connectivity index (χ3v) is 5.22. The number of hydrogen-bond acceptors (Lipinski definition) is 2. The van der Waals surface area contributed by atoms with Crippen molar-refractivity contribution >= 4 is 5.69 Å². The summed E-state index contributed by atoms with van der Waals surface area (Å²) < 4.78 is 0. The van der Waals surface area contributed by atoms with E-state index < -0.39 is 0 Å². The second-order valence-electron chi connectivity index (χ2n) is 6.96. The molecule has 0 amide bonds. The summed E-state index contributed by atoms with van der Waals surface area (Å²) in [5, 5.41) is 10.3. The maximum absolute atomic E-state index is 10.3. The van der Waals surface area contributed by atoms with Crippen molar-refractivity contribution in [2.45, 2.75) is 6.54 Å². The molecular formula is C23H25N2O+. The van der Waals surface area contributed by atoms with Gasteiger partial charge in [0.05, 0.1) is 26.2 Å². The molecule has 1 fully saturated rings. The van der Waals surface area contributed by atoms with Gasteiger partial charge in [0.25, 0.3) is 0 Å². The van der Waals surface area contributed by atoms with Crippen molar-refractivity contribution in [3.05, 3.63) is 84.4 Å². The molecule has 3 aromatic rings. The molecule has 0 bridgehead atoms. The zero-order valence-electron chi connectivity index (χ0n) is 14.9. The molecule has 26 heavy (non-hydrogen) atoms. The summed E-state index contributed by atoms with van der Waals surface area (Å²) in [6.07, 6.45) is 0. The highest BCUT2D eigenvalue weighted by atomic mass is 16.3. The van der Waals surface area contributed by atoms with Crippen molar-refractivity contribution in [2.24, 2.45) is 0 Å². The van der Waals surface area contributed by atoms with Gasteiger partial charge in [0.15, 0.2) is 0 Å². The topological polar surface area (TPSA) is 27.9 Å². The van der Waals surface area contributed by atoms with Crippen LogP contribution in [0.1, 0.15) is 5.56 Å². The maximum Gasteiger partial charge on any atom is 0.124 e. The van der Waals surface area contributed by atoms with Gasteiger partial charge in [-0.25, -0.2) is 0 Å². The molecule has 0 aromatic heterocycles. The molecule has 1 aliphatic heterocycles. The number of quaternary nitrogens is 1. The molecule has 3 aromatic carbocycles. The Bertz CT molecular complexity index is 841. The molecule has 0 saturated carbocycles. The van der Waals surface area contributed by atoms with E-state index >= 15 is 0 Å². The first kappa shape index (κ1) is 16.7. The van der Waals surface area contributed by atoms with E-state index in [1.54, 1.807) is 0 Å². The lowest BCUT2D eigenvalue weighted by molar-refractivity contribution is -0.914. The summed E-state index contributed by atoms with van der Waals surface area (Å²) in [4.78, 5) is 3.97. The highest BCUT2D eigenvalue weighted by Crippen LogP contribution is 2.25. The van der Waals surface area contributed by atoms with Crippen LogP contribution in [0.5, 0.6) is 5.75 Å². The second kappa shape index (κ2) is 7.63. The molecule has 4 rings (SSSR count). The van der Waals surface area contributed by atoms with Crippen LogP contribution in [0.25, 0.3) is 11.1 Å². The van der Waals surface area contributed by atoms with Gasteiger partial charge in [-0.1, -0.05) is 54.6 Å². The molecule has 0 spiro atoms. The number of hydrogen-bond donors (Lipinski definition) is 2. The van der Waals surface area contributed by atoms with Crippen LogP contribution in [0.3, 0.4) is 0 Å². The van der Waals surface area contributed by atoms with E-state index in [1.807, 2.05) is 18.2 Å².